The summed E-state index contributed by atoms with van der Waals surface area (Å²) in [7, 11) is -3.73. The fraction of sp³-hybridized carbons (Fsp3) is 0.353. The number of carbonyl (C=O) groups is 1. The highest BCUT2D eigenvalue weighted by Gasteiger charge is 2.27. The van der Waals surface area contributed by atoms with Crippen molar-refractivity contribution in [2.24, 2.45) is 10.6 Å². The minimum Gasteiger partial charge on any atom is -0.325 e. The van der Waals surface area contributed by atoms with Crippen molar-refractivity contribution < 1.29 is 13.2 Å². The molecule has 4 N–H and O–H groups in total. The number of rotatable bonds is 6. The smallest absolute Gasteiger partial charge is 0.238 e. The molecule has 0 saturated heterocycles. The summed E-state index contributed by atoms with van der Waals surface area (Å²) in [6.45, 7) is 6.51. The zero-order valence-electron chi connectivity index (χ0n) is 14.4. The van der Waals surface area contributed by atoms with Crippen molar-refractivity contribution in [3.8, 4) is 0 Å². The van der Waals surface area contributed by atoms with E-state index in [2.05, 4.69) is 37.5 Å². The molecule has 25 heavy (non-hydrogen) atoms. The first-order chi connectivity index (χ1) is 11.6. The molecule has 8 heteroatoms. The van der Waals surface area contributed by atoms with Gasteiger partial charge in [0.2, 0.25) is 15.9 Å². The van der Waals surface area contributed by atoms with Crippen molar-refractivity contribution in [1.82, 2.24) is 5.32 Å². The molecule has 1 atom stereocenters. The molecule has 1 amide bonds. The quantitative estimate of drug-likeness (QED) is 0.716. The summed E-state index contributed by atoms with van der Waals surface area (Å²) in [5.41, 5.74) is 0.477. The van der Waals surface area contributed by atoms with Crippen molar-refractivity contribution >= 4 is 33.0 Å². The summed E-state index contributed by atoms with van der Waals surface area (Å²) in [6, 6.07) is 9.86. The average molecular weight is 382 g/mol. The third kappa shape index (κ3) is 5.64. The lowest BCUT2D eigenvalue weighted by Gasteiger charge is -2.30. The first-order valence-corrected chi connectivity index (χ1v) is 10.2. The Morgan fingerprint density at radius 1 is 1.20 bits per heavy atom. The first-order valence-electron chi connectivity index (χ1n) is 7.77. The Labute approximate surface area is 152 Å². The van der Waals surface area contributed by atoms with E-state index in [0.717, 1.165) is 0 Å². The number of primary sulfonamides is 1. The number of hydrogen-bond acceptors (Lipinski definition) is 5. The summed E-state index contributed by atoms with van der Waals surface area (Å²) in [4.78, 5) is 13.4. The van der Waals surface area contributed by atoms with Gasteiger partial charge in [-0.2, -0.15) is 0 Å². The van der Waals surface area contributed by atoms with Crippen molar-refractivity contribution in [3.63, 3.8) is 0 Å². The van der Waals surface area contributed by atoms with E-state index in [1.54, 1.807) is 11.3 Å². The van der Waals surface area contributed by atoms with E-state index in [1.807, 2.05) is 11.4 Å². The van der Waals surface area contributed by atoms with Crippen LogP contribution in [0.2, 0.25) is 0 Å². The Morgan fingerprint density at radius 3 is 2.32 bits per heavy atom. The molecule has 0 fully saturated rings. The van der Waals surface area contributed by atoms with Crippen LogP contribution in [-0.4, -0.2) is 20.9 Å². The predicted octanol–water partition coefficient (Wildman–Crippen LogP) is 2.71. The minimum atomic E-state index is -3.73. The summed E-state index contributed by atoms with van der Waals surface area (Å²) in [5, 5.41) is 13.1. The largest absolute Gasteiger partial charge is 0.325 e. The maximum absolute atomic E-state index is 12.2. The predicted molar refractivity (Wildman–Crippen MR) is 101 cm³/mol. The molecule has 1 aromatic heterocycles. The molecule has 0 spiro atoms. The molecule has 136 valence electrons. The van der Waals surface area contributed by atoms with Crippen molar-refractivity contribution in [2.75, 3.05) is 11.9 Å². The summed E-state index contributed by atoms with van der Waals surface area (Å²) in [6.07, 6.45) is 0. The van der Waals surface area contributed by atoms with Gasteiger partial charge in [-0.05, 0) is 41.1 Å². The van der Waals surface area contributed by atoms with E-state index in [9.17, 15) is 13.2 Å². The second kappa shape index (κ2) is 7.65. The summed E-state index contributed by atoms with van der Waals surface area (Å²) in [5.74, 6) is -0.200. The van der Waals surface area contributed by atoms with Gasteiger partial charge in [0.25, 0.3) is 0 Å². The van der Waals surface area contributed by atoms with Gasteiger partial charge in [-0.25, -0.2) is 13.6 Å². The number of amides is 1. The third-order valence-electron chi connectivity index (χ3n) is 3.63. The zero-order valence-corrected chi connectivity index (χ0v) is 16.1. The van der Waals surface area contributed by atoms with Crippen molar-refractivity contribution in [2.45, 2.75) is 31.7 Å². The number of nitrogens with one attached hydrogen (secondary N) is 2. The second-order valence-electron chi connectivity index (χ2n) is 6.81. The van der Waals surface area contributed by atoms with Crippen LogP contribution in [0.25, 0.3) is 0 Å². The number of nitrogens with two attached hydrogens (primary N) is 1. The van der Waals surface area contributed by atoms with E-state index in [4.69, 9.17) is 5.14 Å². The summed E-state index contributed by atoms with van der Waals surface area (Å²) < 4.78 is 22.5. The summed E-state index contributed by atoms with van der Waals surface area (Å²) >= 11 is 1.65. The van der Waals surface area contributed by atoms with Crippen LogP contribution in [0.1, 0.15) is 31.7 Å². The monoisotopic (exact) mass is 381 g/mol. The second-order valence-corrected chi connectivity index (χ2v) is 9.35. The number of hydrogen-bond donors (Lipinski definition) is 3. The molecule has 0 saturated carbocycles. The lowest BCUT2D eigenvalue weighted by Crippen LogP contribution is -2.37. The zero-order chi connectivity index (χ0) is 18.7. The molecule has 0 aliphatic heterocycles. The van der Waals surface area contributed by atoms with Gasteiger partial charge in [0.15, 0.2) is 0 Å². The molecular formula is C17H23N3O3S2. The SMILES string of the molecule is CC(C)(C)C(NCC(=O)Nc1ccc(S(N)(=O)=O)cc1)c1cccs1. The molecule has 0 aliphatic carbocycles. The molecule has 1 aromatic carbocycles. The average Bonchev–Trinajstić information content (AvgIpc) is 2.99. The Bertz CT molecular complexity index is 808. The van der Waals surface area contributed by atoms with E-state index in [1.165, 1.54) is 29.1 Å². The molecule has 1 heterocycles. The van der Waals surface area contributed by atoms with E-state index in [-0.39, 0.29) is 28.8 Å². The van der Waals surface area contributed by atoms with Crippen LogP contribution in [-0.2, 0) is 14.8 Å². The molecule has 2 rings (SSSR count). The van der Waals surface area contributed by atoms with Crippen molar-refractivity contribution in [1.29, 1.82) is 0 Å². The highest BCUT2D eigenvalue weighted by atomic mass is 32.2. The molecule has 0 bridgehead atoms. The van der Waals surface area contributed by atoms with Crippen molar-refractivity contribution in [3.05, 3.63) is 46.7 Å². The molecule has 2 aromatic rings. The Morgan fingerprint density at radius 2 is 1.84 bits per heavy atom. The Balaban J connectivity index is 1.98. The Hall–Kier alpha value is -1.74. The highest BCUT2D eigenvalue weighted by Crippen LogP contribution is 2.34. The first kappa shape index (κ1) is 19.6. The van der Waals surface area contributed by atoms with Gasteiger partial charge in [0, 0.05) is 16.6 Å². The molecular weight excluding hydrogens is 358 g/mol. The normalized spacial score (nSPS) is 13.4. The van der Waals surface area contributed by atoms with Gasteiger partial charge < -0.3 is 10.6 Å². The maximum atomic E-state index is 12.2. The number of sulfonamides is 1. The maximum Gasteiger partial charge on any atom is 0.238 e. The number of benzene rings is 1. The standard InChI is InChI=1S/C17H23N3O3S2/c1-17(2,3)16(14-5-4-10-24-14)19-11-15(21)20-12-6-8-13(9-7-12)25(18,22)23/h4-10,16,19H,11H2,1-3H3,(H,20,21)(H2,18,22,23). The molecule has 0 radical (unpaired) electrons. The Kier molecular flexibility index (Phi) is 5.99. The van der Waals surface area contributed by atoms with Crippen LogP contribution in [0.3, 0.4) is 0 Å². The van der Waals surface area contributed by atoms with E-state index < -0.39 is 10.0 Å². The van der Waals surface area contributed by atoms with Crippen LogP contribution in [0.4, 0.5) is 5.69 Å². The lowest BCUT2D eigenvalue weighted by atomic mass is 9.86. The topological polar surface area (TPSA) is 101 Å². The van der Waals surface area contributed by atoms with E-state index >= 15 is 0 Å². The van der Waals surface area contributed by atoms with Gasteiger partial charge in [-0.3, -0.25) is 4.79 Å². The van der Waals surface area contributed by atoms with Crippen LogP contribution < -0.4 is 15.8 Å². The van der Waals surface area contributed by atoms with E-state index in [0.29, 0.717) is 5.69 Å². The molecule has 1 unspecified atom stereocenters. The number of thiophene rings is 1. The number of anilines is 1. The molecule has 6 nitrogen and oxygen atoms in total. The minimum absolute atomic E-state index is 0.00844. The number of carbonyl (C=O) groups excluding carboxylic acids is 1. The highest BCUT2D eigenvalue weighted by molar-refractivity contribution is 7.89. The van der Waals surface area contributed by atoms with Crippen LogP contribution in [0.5, 0.6) is 0 Å². The van der Waals surface area contributed by atoms with Gasteiger partial charge >= 0.3 is 0 Å². The molecule has 0 aliphatic rings. The van der Waals surface area contributed by atoms with Gasteiger partial charge in [0.1, 0.15) is 0 Å². The van der Waals surface area contributed by atoms with Gasteiger partial charge in [-0.1, -0.05) is 26.8 Å². The van der Waals surface area contributed by atoms with Crippen LogP contribution in [0.15, 0.2) is 46.7 Å². The van der Waals surface area contributed by atoms with Crippen LogP contribution >= 0.6 is 11.3 Å². The van der Waals surface area contributed by atoms with Crippen LogP contribution in [0, 0.1) is 5.41 Å². The lowest BCUT2D eigenvalue weighted by molar-refractivity contribution is -0.115. The fourth-order valence-electron chi connectivity index (χ4n) is 2.42. The van der Waals surface area contributed by atoms with Gasteiger partial charge in [-0.15, -0.1) is 11.3 Å². The fourth-order valence-corrected chi connectivity index (χ4v) is 3.98. The third-order valence-corrected chi connectivity index (χ3v) is 5.49. The van der Waals surface area contributed by atoms with Gasteiger partial charge in [0.05, 0.1) is 11.4 Å².